The van der Waals surface area contributed by atoms with Crippen molar-refractivity contribution in [2.75, 3.05) is 26.7 Å². The summed E-state index contributed by atoms with van der Waals surface area (Å²) in [4.78, 5) is 13.5. The van der Waals surface area contributed by atoms with Crippen LogP contribution in [0.2, 0.25) is 0 Å². The molecular formula is C14H22N2O2. The summed E-state index contributed by atoms with van der Waals surface area (Å²) < 4.78 is 5.41. The molecule has 0 aliphatic heterocycles. The van der Waals surface area contributed by atoms with E-state index in [9.17, 15) is 4.79 Å². The van der Waals surface area contributed by atoms with E-state index in [1.807, 2.05) is 44.2 Å². The van der Waals surface area contributed by atoms with Gasteiger partial charge in [-0.25, -0.2) is 0 Å². The first-order valence-electron chi connectivity index (χ1n) is 6.06. The van der Waals surface area contributed by atoms with Crippen LogP contribution in [0.3, 0.4) is 0 Å². The van der Waals surface area contributed by atoms with E-state index in [2.05, 4.69) is 0 Å². The Labute approximate surface area is 109 Å². The standard InChI is InChI=1S/C14H22N2O2/c1-14(2,10-15)11-16(3)13(17)9-18-12-7-5-4-6-8-12/h4-8H,9-11,15H2,1-3H3. The fourth-order valence-corrected chi connectivity index (χ4v) is 1.57. The summed E-state index contributed by atoms with van der Waals surface area (Å²) >= 11 is 0. The van der Waals surface area contributed by atoms with Crippen molar-refractivity contribution < 1.29 is 9.53 Å². The molecule has 4 heteroatoms. The van der Waals surface area contributed by atoms with Crippen molar-refractivity contribution in [2.45, 2.75) is 13.8 Å². The topological polar surface area (TPSA) is 55.6 Å². The summed E-state index contributed by atoms with van der Waals surface area (Å²) in [5.74, 6) is 0.665. The molecule has 0 saturated heterocycles. The third-order valence-corrected chi connectivity index (χ3v) is 2.75. The number of para-hydroxylation sites is 1. The van der Waals surface area contributed by atoms with Gasteiger partial charge in [-0.1, -0.05) is 32.0 Å². The molecule has 0 heterocycles. The van der Waals surface area contributed by atoms with E-state index >= 15 is 0 Å². The molecule has 2 N–H and O–H groups in total. The number of hydrogen-bond donors (Lipinski definition) is 1. The summed E-state index contributed by atoms with van der Waals surface area (Å²) in [6.45, 7) is 5.30. The smallest absolute Gasteiger partial charge is 0.260 e. The van der Waals surface area contributed by atoms with Crippen molar-refractivity contribution in [3.8, 4) is 5.75 Å². The maximum absolute atomic E-state index is 11.9. The third kappa shape index (κ3) is 4.75. The Bertz CT molecular complexity index is 377. The van der Waals surface area contributed by atoms with Crippen LogP contribution in [-0.2, 0) is 4.79 Å². The molecule has 18 heavy (non-hydrogen) atoms. The summed E-state index contributed by atoms with van der Waals surface area (Å²) in [6, 6.07) is 9.32. The molecule has 1 aromatic rings. The quantitative estimate of drug-likeness (QED) is 0.832. The Morgan fingerprint density at radius 2 is 1.94 bits per heavy atom. The normalized spacial score (nSPS) is 11.1. The largest absolute Gasteiger partial charge is 0.484 e. The highest BCUT2D eigenvalue weighted by Gasteiger charge is 2.21. The van der Waals surface area contributed by atoms with Crippen LogP contribution in [0.5, 0.6) is 5.75 Å². The number of rotatable bonds is 6. The van der Waals surface area contributed by atoms with Crippen LogP contribution in [0.25, 0.3) is 0 Å². The van der Waals surface area contributed by atoms with Crippen molar-refractivity contribution >= 4 is 5.91 Å². The maximum atomic E-state index is 11.9. The molecule has 0 saturated carbocycles. The van der Waals surface area contributed by atoms with Gasteiger partial charge in [0.05, 0.1) is 0 Å². The number of hydrogen-bond acceptors (Lipinski definition) is 3. The van der Waals surface area contributed by atoms with Crippen LogP contribution in [0.15, 0.2) is 30.3 Å². The monoisotopic (exact) mass is 250 g/mol. The van der Waals surface area contributed by atoms with E-state index in [4.69, 9.17) is 10.5 Å². The second-order valence-corrected chi connectivity index (χ2v) is 5.22. The Balaban J connectivity index is 2.41. The van der Waals surface area contributed by atoms with Gasteiger partial charge in [-0.05, 0) is 24.1 Å². The van der Waals surface area contributed by atoms with E-state index in [0.717, 1.165) is 0 Å². The molecule has 0 radical (unpaired) electrons. The van der Waals surface area contributed by atoms with Gasteiger partial charge >= 0.3 is 0 Å². The first-order valence-corrected chi connectivity index (χ1v) is 6.06. The van der Waals surface area contributed by atoms with Crippen LogP contribution < -0.4 is 10.5 Å². The van der Waals surface area contributed by atoms with Crippen molar-refractivity contribution in [3.05, 3.63) is 30.3 Å². The minimum atomic E-state index is -0.0723. The highest BCUT2D eigenvalue weighted by molar-refractivity contribution is 5.77. The second-order valence-electron chi connectivity index (χ2n) is 5.22. The zero-order chi connectivity index (χ0) is 13.6. The summed E-state index contributed by atoms with van der Waals surface area (Å²) in [5.41, 5.74) is 5.58. The first-order chi connectivity index (χ1) is 8.44. The van der Waals surface area contributed by atoms with Gasteiger partial charge in [0.2, 0.25) is 0 Å². The fourth-order valence-electron chi connectivity index (χ4n) is 1.57. The van der Waals surface area contributed by atoms with Gasteiger partial charge in [-0.15, -0.1) is 0 Å². The average molecular weight is 250 g/mol. The molecule has 0 unspecified atom stereocenters. The van der Waals surface area contributed by atoms with E-state index in [1.165, 1.54) is 0 Å². The number of carbonyl (C=O) groups is 1. The van der Waals surface area contributed by atoms with Crippen molar-refractivity contribution in [2.24, 2.45) is 11.1 Å². The van der Waals surface area contributed by atoms with Gasteiger partial charge in [0, 0.05) is 13.6 Å². The van der Waals surface area contributed by atoms with Crippen molar-refractivity contribution in [3.63, 3.8) is 0 Å². The predicted octanol–water partition coefficient (Wildman–Crippen LogP) is 1.51. The Kier molecular flexibility index (Phi) is 5.16. The zero-order valence-corrected chi connectivity index (χ0v) is 11.3. The number of ether oxygens (including phenoxy) is 1. The van der Waals surface area contributed by atoms with Gasteiger partial charge in [0.25, 0.3) is 5.91 Å². The third-order valence-electron chi connectivity index (χ3n) is 2.75. The molecular weight excluding hydrogens is 228 g/mol. The first kappa shape index (κ1) is 14.5. The van der Waals surface area contributed by atoms with Crippen molar-refractivity contribution in [1.82, 2.24) is 4.90 Å². The Morgan fingerprint density at radius 1 is 1.33 bits per heavy atom. The maximum Gasteiger partial charge on any atom is 0.260 e. The predicted molar refractivity (Wildman–Crippen MR) is 72.4 cm³/mol. The van der Waals surface area contributed by atoms with Crippen LogP contribution in [-0.4, -0.2) is 37.6 Å². The Hall–Kier alpha value is -1.55. The SMILES string of the molecule is CN(CC(C)(C)CN)C(=O)COc1ccccc1. The molecule has 0 aliphatic carbocycles. The molecule has 0 atom stereocenters. The molecule has 0 aliphatic rings. The molecule has 0 fully saturated rings. The zero-order valence-electron chi connectivity index (χ0n) is 11.3. The molecule has 100 valence electrons. The average Bonchev–Trinajstić information content (AvgIpc) is 2.36. The molecule has 1 rings (SSSR count). The lowest BCUT2D eigenvalue weighted by atomic mass is 9.93. The lowest BCUT2D eigenvalue weighted by molar-refractivity contribution is -0.133. The molecule has 1 aromatic carbocycles. The number of nitrogens with two attached hydrogens (primary N) is 1. The van der Waals surface area contributed by atoms with Crippen LogP contribution in [0, 0.1) is 5.41 Å². The van der Waals surface area contributed by atoms with Gasteiger partial charge in [0.15, 0.2) is 6.61 Å². The molecule has 1 amide bonds. The lowest BCUT2D eigenvalue weighted by Gasteiger charge is -2.28. The molecule has 0 aromatic heterocycles. The highest BCUT2D eigenvalue weighted by atomic mass is 16.5. The van der Waals surface area contributed by atoms with E-state index in [-0.39, 0.29) is 17.9 Å². The lowest BCUT2D eigenvalue weighted by Crippen LogP contribution is -2.41. The minimum Gasteiger partial charge on any atom is -0.484 e. The molecule has 4 nitrogen and oxygen atoms in total. The number of carbonyl (C=O) groups excluding carboxylic acids is 1. The minimum absolute atomic E-state index is 0.0413. The van der Waals surface area contributed by atoms with Crippen LogP contribution >= 0.6 is 0 Å². The van der Waals surface area contributed by atoms with Gasteiger partial charge < -0.3 is 15.4 Å². The second kappa shape index (κ2) is 6.40. The molecule has 0 bridgehead atoms. The van der Waals surface area contributed by atoms with Crippen LogP contribution in [0.1, 0.15) is 13.8 Å². The van der Waals surface area contributed by atoms with E-state index in [0.29, 0.717) is 18.8 Å². The number of benzene rings is 1. The van der Waals surface area contributed by atoms with Gasteiger partial charge in [-0.3, -0.25) is 4.79 Å². The van der Waals surface area contributed by atoms with Gasteiger partial charge in [-0.2, -0.15) is 0 Å². The summed E-state index contributed by atoms with van der Waals surface area (Å²) in [5, 5.41) is 0. The van der Waals surface area contributed by atoms with Crippen molar-refractivity contribution in [1.29, 1.82) is 0 Å². The highest BCUT2D eigenvalue weighted by Crippen LogP contribution is 2.14. The van der Waals surface area contributed by atoms with Gasteiger partial charge in [0.1, 0.15) is 5.75 Å². The Morgan fingerprint density at radius 3 is 2.50 bits per heavy atom. The van der Waals surface area contributed by atoms with Crippen LogP contribution in [0.4, 0.5) is 0 Å². The molecule has 0 spiro atoms. The fraction of sp³-hybridized carbons (Fsp3) is 0.500. The summed E-state index contributed by atoms with van der Waals surface area (Å²) in [6.07, 6.45) is 0. The number of nitrogens with zero attached hydrogens (tertiary/aromatic N) is 1. The van der Waals surface area contributed by atoms with E-state index < -0.39 is 0 Å². The number of likely N-dealkylation sites (N-methyl/N-ethyl adjacent to an activating group) is 1. The number of amides is 1. The van der Waals surface area contributed by atoms with E-state index in [1.54, 1.807) is 11.9 Å². The summed E-state index contributed by atoms with van der Waals surface area (Å²) in [7, 11) is 1.77.